The van der Waals surface area contributed by atoms with E-state index >= 15 is 0 Å². The molecule has 2 aromatic rings. The lowest BCUT2D eigenvalue weighted by Crippen LogP contribution is -2.34. The molecule has 5 heteroatoms. The van der Waals surface area contributed by atoms with E-state index in [-0.39, 0.29) is 11.9 Å². The predicted molar refractivity (Wildman–Crippen MR) is 97.7 cm³/mol. The molecule has 1 aromatic heterocycles. The van der Waals surface area contributed by atoms with Crippen molar-refractivity contribution in [2.24, 2.45) is 0 Å². The maximum absolute atomic E-state index is 13.1. The van der Waals surface area contributed by atoms with E-state index in [9.17, 15) is 4.79 Å². The van der Waals surface area contributed by atoms with E-state index < -0.39 is 0 Å². The van der Waals surface area contributed by atoms with Crippen molar-refractivity contribution in [3.05, 3.63) is 52.8 Å². The molecule has 1 unspecified atom stereocenters. The Labute approximate surface area is 149 Å². The van der Waals surface area contributed by atoms with Gasteiger partial charge in [0.05, 0.1) is 24.9 Å². The van der Waals surface area contributed by atoms with Crippen LogP contribution in [0.5, 0.6) is 0 Å². The van der Waals surface area contributed by atoms with Gasteiger partial charge < -0.3 is 9.64 Å². The summed E-state index contributed by atoms with van der Waals surface area (Å²) in [6.45, 7) is 5.71. The number of benzene rings is 1. The molecule has 1 amide bonds. The predicted octanol–water partition coefficient (Wildman–Crippen LogP) is 3.38. The first-order valence-electron chi connectivity index (χ1n) is 9.09. The molecule has 1 atom stereocenters. The minimum atomic E-state index is 0.0267. The van der Waals surface area contributed by atoms with E-state index in [1.807, 2.05) is 31.9 Å². The van der Waals surface area contributed by atoms with Crippen molar-refractivity contribution >= 4 is 5.91 Å². The first kappa shape index (κ1) is 17.7. The van der Waals surface area contributed by atoms with Gasteiger partial charge in [-0.3, -0.25) is 9.48 Å². The van der Waals surface area contributed by atoms with E-state index in [1.54, 1.807) is 4.68 Å². The highest BCUT2D eigenvalue weighted by Crippen LogP contribution is 2.34. The molecule has 1 aliphatic rings. The lowest BCUT2D eigenvalue weighted by molar-refractivity contribution is 0.0697. The Morgan fingerprint density at radius 3 is 3.00 bits per heavy atom. The fourth-order valence-electron chi connectivity index (χ4n) is 3.64. The SMILES string of the molecule is CCOCCn1nc(C)cc1C(=O)N(C)C1CCCc2ccccc21. The Morgan fingerprint density at radius 2 is 2.20 bits per heavy atom. The second kappa shape index (κ2) is 7.83. The number of aromatic nitrogens is 2. The van der Waals surface area contributed by atoms with Gasteiger partial charge in [0.2, 0.25) is 0 Å². The van der Waals surface area contributed by atoms with Gasteiger partial charge >= 0.3 is 0 Å². The van der Waals surface area contributed by atoms with Crippen molar-refractivity contribution in [3.8, 4) is 0 Å². The van der Waals surface area contributed by atoms with Crippen LogP contribution in [0.15, 0.2) is 30.3 Å². The molecular weight excluding hydrogens is 314 g/mol. The molecule has 25 heavy (non-hydrogen) atoms. The summed E-state index contributed by atoms with van der Waals surface area (Å²) in [7, 11) is 1.91. The van der Waals surface area contributed by atoms with Crippen LogP contribution >= 0.6 is 0 Å². The van der Waals surface area contributed by atoms with Crippen LogP contribution < -0.4 is 0 Å². The molecule has 5 nitrogen and oxygen atoms in total. The Hall–Kier alpha value is -2.14. The average Bonchev–Trinajstić information content (AvgIpc) is 3.01. The van der Waals surface area contributed by atoms with E-state index in [1.165, 1.54) is 11.1 Å². The normalized spacial score (nSPS) is 16.5. The standard InChI is InChI=1S/C20H27N3O2/c1-4-25-13-12-23-19(14-15(2)21-23)20(24)22(3)18-11-7-9-16-8-5-6-10-17(16)18/h5-6,8,10,14,18H,4,7,9,11-13H2,1-3H3. The molecular formula is C20H27N3O2. The molecule has 3 rings (SSSR count). The number of aryl methyl sites for hydroxylation is 2. The molecule has 0 fully saturated rings. The zero-order valence-electron chi connectivity index (χ0n) is 15.4. The molecule has 1 aromatic carbocycles. The maximum atomic E-state index is 13.1. The summed E-state index contributed by atoms with van der Waals surface area (Å²) in [6, 6.07) is 10.5. The third-order valence-corrected chi connectivity index (χ3v) is 4.90. The molecule has 0 aliphatic heterocycles. The first-order chi connectivity index (χ1) is 12.1. The smallest absolute Gasteiger partial charge is 0.272 e. The largest absolute Gasteiger partial charge is 0.380 e. The second-order valence-corrected chi connectivity index (χ2v) is 6.61. The van der Waals surface area contributed by atoms with Crippen LogP contribution in [0.4, 0.5) is 0 Å². The third kappa shape index (κ3) is 3.76. The molecule has 134 valence electrons. The molecule has 0 saturated carbocycles. The van der Waals surface area contributed by atoms with Crippen molar-refractivity contribution in [3.63, 3.8) is 0 Å². The number of hydrogen-bond acceptors (Lipinski definition) is 3. The zero-order valence-corrected chi connectivity index (χ0v) is 15.4. The van der Waals surface area contributed by atoms with Crippen LogP contribution in [0, 0.1) is 6.92 Å². The van der Waals surface area contributed by atoms with Gasteiger partial charge in [0, 0.05) is 13.7 Å². The van der Waals surface area contributed by atoms with Gasteiger partial charge in [0.25, 0.3) is 5.91 Å². The number of nitrogens with zero attached hydrogens (tertiary/aromatic N) is 3. The average molecular weight is 341 g/mol. The fourth-order valence-corrected chi connectivity index (χ4v) is 3.64. The quantitative estimate of drug-likeness (QED) is 0.757. The van der Waals surface area contributed by atoms with E-state index in [0.717, 1.165) is 25.0 Å². The zero-order chi connectivity index (χ0) is 17.8. The number of ether oxygens (including phenoxy) is 1. The number of carbonyl (C=O) groups excluding carboxylic acids is 1. The Morgan fingerprint density at radius 1 is 1.40 bits per heavy atom. The van der Waals surface area contributed by atoms with Crippen LogP contribution in [-0.2, 0) is 17.7 Å². The third-order valence-electron chi connectivity index (χ3n) is 4.90. The number of rotatable bonds is 6. The first-order valence-corrected chi connectivity index (χ1v) is 9.09. The summed E-state index contributed by atoms with van der Waals surface area (Å²) in [5, 5.41) is 4.46. The van der Waals surface area contributed by atoms with E-state index in [2.05, 4.69) is 29.4 Å². The molecule has 0 spiro atoms. The van der Waals surface area contributed by atoms with Gasteiger partial charge in [0.15, 0.2) is 0 Å². The highest BCUT2D eigenvalue weighted by Gasteiger charge is 2.28. The topological polar surface area (TPSA) is 47.4 Å². The second-order valence-electron chi connectivity index (χ2n) is 6.61. The van der Waals surface area contributed by atoms with Gasteiger partial charge in [0.1, 0.15) is 5.69 Å². The van der Waals surface area contributed by atoms with Gasteiger partial charge in [-0.05, 0) is 50.3 Å². The fraction of sp³-hybridized carbons (Fsp3) is 0.500. The van der Waals surface area contributed by atoms with Crippen molar-refractivity contribution < 1.29 is 9.53 Å². The summed E-state index contributed by atoms with van der Waals surface area (Å²) < 4.78 is 7.20. The highest BCUT2D eigenvalue weighted by molar-refractivity contribution is 5.93. The molecule has 0 saturated heterocycles. The number of amides is 1. The van der Waals surface area contributed by atoms with Crippen LogP contribution in [0.1, 0.15) is 53.1 Å². The van der Waals surface area contributed by atoms with Crippen molar-refractivity contribution in [1.82, 2.24) is 14.7 Å². The lowest BCUT2D eigenvalue weighted by Gasteiger charge is -2.33. The van der Waals surface area contributed by atoms with Crippen LogP contribution in [0.2, 0.25) is 0 Å². The Bertz CT molecular complexity index is 738. The minimum absolute atomic E-state index is 0.0267. The van der Waals surface area contributed by atoms with Crippen LogP contribution in [-0.4, -0.2) is 40.8 Å². The number of hydrogen-bond donors (Lipinski definition) is 0. The monoisotopic (exact) mass is 341 g/mol. The van der Waals surface area contributed by atoms with Crippen molar-refractivity contribution in [2.45, 2.75) is 45.7 Å². The summed E-state index contributed by atoms with van der Waals surface area (Å²) in [6.07, 6.45) is 3.22. The van der Waals surface area contributed by atoms with E-state index in [4.69, 9.17) is 4.74 Å². The summed E-state index contributed by atoms with van der Waals surface area (Å²) in [5.74, 6) is 0.0267. The Balaban J connectivity index is 1.82. The van der Waals surface area contributed by atoms with Crippen molar-refractivity contribution in [1.29, 1.82) is 0 Å². The minimum Gasteiger partial charge on any atom is -0.380 e. The molecule has 0 N–H and O–H groups in total. The summed E-state index contributed by atoms with van der Waals surface area (Å²) in [5.41, 5.74) is 4.14. The lowest BCUT2D eigenvalue weighted by atomic mass is 9.87. The van der Waals surface area contributed by atoms with Crippen molar-refractivity contribution in [2.75, 3.05) is 20.3 Å². The molecule has 1 aliphatic carbocycles. The van der Waals surface area contributed by atoms with E-state index in [0.29, 0.717) is 25.5 Å². The maximum Gasteiger partial charge on any atom is 0.272 e. The van der Waals surface area contributed by atoms with Gasteiger partial charge in [-0.1, -0.05) is 24.3 Å². The Kier molecular flexibility index (Phi) is 5.53. The molecule has 1 heterocycles. The number of fused-ring (bicyclic) bond motifs is 1. The highest BCUT2D eigenvalue weighted by atomic mass is 16.5. The van der Waals surface area contributed by atoms with Crippen LogP contribution in [0.3, 0.4) is 0 Å². The molecule has 0 bridgehead atoms. The number of carbonyl (C=O) groups is 1. The van der Waals surface area contributed by atoms with Crippen LogP contribution in [0.25, 0.3) is 0 Å². The van der Waals surface area contributed by atoms with Gasteiger partial charge in [-0.2, -0.15) is 5.10 Å². The summed E-state index contributed by atoms with van der Waals surface area (Å²) in [4.78, 5) is 15.0. The molecule has 0 radical (unpaired) electrons. The van der Waals surface area contributed by atoms with Gasteiger partial charge in [-0.15, -0.1) is 0 Å². The summed E-state index contributed by atoms with van der Waals surface area (Å²) >= 11 is 0. The van der Waals surface area contributed by atoms with Gasteiger partial charge in [-0.25, -0.2) is 0 Å².